The predicted molar refractivity (Wildman–Crippen MR) is 77.1 cm³/mol. The molecule has 1 rings (SSSR count). The van der Waals surface area contributed by atoms with E-state index in [1.807, 2.05) is 0 Å². The summed E-state index contributed by atoms with van der Waals surface area (Å²) in [5.74, 6) is -1.23. The average Bonchev–Trinajstić information content (AvgIpc) is 2.40. The first-order valence-corrected chi connectivity index (χ1v) is 8.16. The van der Waals surface area contributed by atoms with E-state index in [0.717, 1.165) is 0 Å². The first kappa shape index (κ1) is 17.8. The minimum absolute atomic E-state index is 0.0954. The molecule has 0 amide bonds. The second-order valence-electron chi connectivity index (χ2n) is 4.56. The Balaban J connectivity index is 2.64. The molecule has 1 aromatic rings. The summed E-state index contributed by atoms with van der Waals surface area (Å²) in [6, 6.07) is 3.00. The van der Waals surface area contributed by atoms with Crippen molar-refractivity contribution in [3.8, 4) is 0 Å². The molecule has 7 nitrogen and oxygen atoms in total. The zero-order valence-electron chi connectivity index (χ0n) is 11.7. The van der Waals surface area contributed by atoms with Crippen LogP contribution in [0.5, 0.6) is 0 Å². The van der Waals surface area contributed by atoms with Crippen molar-refractivity contribution in [2.45, 2.75) is 25.2 Å². The normalized spacial score (nSPS) is 14.5. The molecule has 0 fully saturated rings. The van der Waals surface area contributed by atoms with E-state index in [0.29, 0.717) is 5.56 Å². The highest BCUT2D eigenvalue weighted by molar-refractivity contribution is 7.88. The standard InChI is InChI=1S/C12H17ClN2O5S/c1-3-20-11(16)12(2,17)8-15-21(18,19)7-9-4-5-10(13)14-6-9/h4-6,15,17H,3,7-8H2,1-2H3/t12-/m1/s1. The number of rotatable bonds is 7. The largest absolute Gasteiger partial charge is 0.464 e. The summed E-state index contributed by atoms with van der Waals surface area (Å²) in [6.07, 6.45) is 1.34. The third-order valence-corrected chi connectivity index (χ3v) is 4.02. The number of carbonyl (C=O) groups is 1. The molecule has 2 N–H and O–H groups in total. The summed E-state index contributed by atoms with van der Waals surface area (Å²) in [5.41, 5.74) is -1.50. The summed E-state index contributed by atoms with van der Waals surface area (Å²) < 4.78 is 30.6. The Morgan fingerprint density at radius 3 is 2.71 bits per heavy atom. The number of esters is 1. The number of hydrogen-bond donors (Lipinski definition) is 2. The fourth-order valence-corrected chi connectivity index (χ4v) is 2.70. The van der Waals surface area contributed by atoms with Crippen molar-refractivity contribution in [3.63, 3.8) is 0 Å². The van der Waals surface area contributed by atoms with Gasteiger partial charge >= 0.3 is 5.97 Å². The Kier molecular flexibility index (Phi) is 6.09. The number of aliphatic hydroxyl groups is 1. The maximum absolute atomic E-state index is 11.9. The van der Waals surface area contributed by atoms with Crippen LogP contribution in [0, 0.1) is 0 Å². The van der Waals surface area contributed by atoms with Gasteiger partial charge < -0.3 is 9.84 Å². The highest BCUT2D eigenvalue weighted by Gasteiger charge is 2.33. The lowest BCUT2D eigenvalue weighted by molar-refractivity contribution is -0.162. The zero-order valence-corrected chi connectivity index (χ0v) is 13.2. The Hall–Kier alpha value is -1.22. The Labute approximate surface area is 128 Å². The number of sulfonamides is 1. The fraction of sp³-hybridized carbons (Fsp3) is 0.500. The van der Waals surface area contributed by atoms with Gasteiger partial charge in [0, 0.05) is 12.7 Å². The van der Waals surface area contributed by atoms with Gasteiger partial charge in [0.1, 0.15) is 5.15 Å². The SMILES string of the molecule is CCOC(=O)[C@](C)(O)CNS(=O)(=O)Cc1ccc(Cl)nc1. The molecule has 1 heterocycles. The van der Waals surface area contributed by atoms with E-state index in [1.165, 1.54) is 25.3 Å². The minimum atomic E-state index is -3.73. The highest BCUT2D eigenvalue weighted by atomic mass is 35.5. The maximum Gasteiger partial charge on any atom is 0.339 e. The molecular weight excluding hydrogens is 320 g/mol. The second kappa shape index (κ2) is 7.17. The number of aromatic nitrogens is 1. The van der Waals surface area contributed by atoms with Crippen LogP contribution in [0.1, 0.15) is 19.4 Å². The lowest BCUT2D eigenvalue weighted by atomic mass is 10.1. The van der Waals surface area contributed by atoms with E-state index in [9.17, 15) is 18.3 Å². The van der Waals surface area contributed by atoms with Gasteiger partial charge in [-0.25, -0.2) is 22.9 Å². The van der Waals surface area contributed by atoms with Crippen LogP contribution in [-0.2, 0) is 25.3 Å². The molecule has 1 atom stereocenters. The zero-order chi connectivity index (χ0) is 16.1. The number of hydrogen-bond acceptors (Lipinski definition) is 6. The van der Waals surface area contributed by atoms with Crippen LogP contribution >= 0.6 is 11.6 Å². The molecule has 0 bridgehead atoms. The van der Waals surface area contributed by atoms with E-state index in [-0.39, 0.29) is 17.5 Å². The first-order chi connectivity index (χ1) is 9.66. The van der Waals surface area contributed by atoms with Crippen molar-refractivity contribution >= 4 is 27.6 Å². The molecular formula is C12H17ClN2O5S. The third kappa shape index (κ3) is 5.96. The predicted octanol–water partition coefficient (Wildman–Crippen LogP) is 0.469. The van der Waals surface area contributed by atoms with Crippen molar-refractivity contribution in [3.05, 3.63) is 29.0 Å². The Morgan fingerprint density at radius 2 is 2.19 bits per heavy atom. The number of nitrogens with zero attached hydrogens (tertiary/aromatic N) is 1. The van der Waals surface area contributed by atoms with Crippen molar-refractivity contribution in [1.82, 2.24) is 9.71 Å². The molecule has 21 heavy (non-hydrogen) atoms. The monoisotopic (exact) mass is 336 g/mol. The number of halogens is 1. The van der Waals surface area contributed by atoms with Crippen molar-refractivity contribution in [2.24, 2.45) is 0 Å². The van der Waals surface area contributed by atoms with Crippen molar-refractivity contribution in [1.29, 1.82) is 0 Å². The summed E-state index contributed by atoms with van der Waals surface area (Å²) in [7, 11) is -3.73. The van der Waals surface area contributed by atoms with Gasteiger partial charge in [0.15, 0.2) is 5.60 Å². The Bertz CT molecular complexity index is 586. The quantitative estimate of drug-likeness (QED) is 0.554. The molecule has 118 valence electrons. The molecule has 0 aliphatic rings. The highest BCUT2D eigenvalue weighted by Crippen LogP contribution is 2.10. The smallest absolute Gasteiger partial charge is 0.339 e. The van der Waals surface area contributed by atoms with Crippen LogP contribution in [0.25, 0.3) is 0 Å². The number of ether oxygens (including phenoxy) is 1. The molecule has 0 unspecified atom stereocenters. The van der Waals surface area contributed by atoms with Crippen molar-refractivity contribution < 1.29 is 23.1 Å². The summed E-state index contributed by atoms with van der Waals surface area (Å²) in [5, 5.41) is 10.1. The van der Waals surface area contributed by atoms with Gasteiger partial charge in [-0.15, -0.1) is 0 Å². The Morgan fingerprint density at radius 1 is 1.52 bits per heavy atom. The van der Waals surface area contributed by atoms with Crippen LogP contribution < -0.4 is 4.72 Å². The summed E-state index contributed by atoms with van der Waals surface area (Å²) in [6.45, 7) is 2.39. The van der Waals surface area contributed by atoms with Crippen LogP contribution in [0.2, 0.25) is 5.15 Å². The van der Waals surface area contributed by atoms with Crippen LogP contribution in [0.15, 0.2) is 18.3 Å². The lowest BCUT2D eigenvalue weighted by Gasteiger charge is -2.21. The molecule has 0 radical (unpaired) electrons. The van der Waals surface area contributed by atoms with Crippen LogP contribution in [-0.4, -0.2) is 43.2 Å². The van der Waals surface area contributed by atoms with Gasteiger partial charge in [-0.2, -0.15) is 0 Å². The fourth-order valence-electron chi connectivity index (χ4n) is 1.37. The second-order valence-corrected chi connectivity index (χ2v) is 6.76. The van der Waals surface area contributed by atoms with Gasteiger partial charge in [0.25, 0.3) is 0 Å². The van der Waals surface area contributed by atoms with Gasteiger partial charge in [-0.05, 0) is 25.5 Å². The summed E-state index contributed by atoms with van der Waals surface area (Å²) >= 11 is 5.61. The van der Waals surface area contributed by atoms with Crippen LogP contribution in [0.4, 0.5) is 0 Å². The van der Waals surface area contributed by atoms with E-state index >= 15 is 0 Å². The summed E-state index contributed by atoms with van der Waals surface area (Å²) in [4.78, 5) is 15.2. The van der Waals surface area contributed by atoms with Crippen LogP contribution in [0.3, 0.4) is 0 Å². The maximum atomic E-state index is 11.9. The van der Waals surface area contributed by atoms with Gasteiger partial charge in [0.05, 0.1) is 12.4 Å². The molecule has 0 aliphatic carbocycles. The number of carbonyl (C=O) groups excluding carboxylic acids is 1. The van der Waals surface area contributed by atoms with E-state index in [4.69, 9.17) is 11.6 Å². The number of nitrogens with one attached hydrogen (secondary N) is 1. The van der Waals surface area contributed by atoms with Crippen molar-refractivity contribution in [2.75, 3.05) is 13.2 Å². The molecule has 0 aliphatic heterocycles. The molecule has 0 spiro atoms. The van der Waals surface area contributed by atoms with E-state index in [2.05, 4.69) is 14.4 Å². The average molecular weight is 337 g/mol. The van der Waals surface area contributed by atoms with Gasteiger partial charge in [0.2, 0.25) is 10.0 Å². The molecule has 0 saturated carbocycles. The van der Waals surface area contributed by atoms with Gasteiger partial charge in [-0.3, -0.25) is 0 Å². The first-order valence-electron chi connectivity index (χ1n) is 6.13. The van der Waals surface area contributed by atoms with Gasteiger partial charge in [-0.1, -0.05) is 17.7 Å². The molecule has 0 aromatic carbocycles. The lowest BCUT2D eigenvalue weighted by Crippen LogP contribution is -2.47. The molecule has 0 saturated heterocycles. The number of pyridine rings is 1. The third-order valence-electron chi connectivity index (χ3n) is 2.50. The van der Waals surface area contributed by atoms with E-state index < -0.39 is 28.1 Å². The molecule has 9 heteroatoms. The topological polar surface area (TPSA) is 106 Å². The molecule has 1 aromatic heterocycles. The minimum Gasteiger partial charge on any atom is -0.464 e. The van der Waals surface area contributed by atoms with E-state index in [1.54, 1.807) is 6.92 Å².